The van der Waals surface area contributed by atoms with Crippen LogP contribution in [0.4, 0.5) is 13.2 Å². The van der Waals surface area contributed by atoms with Crippen molar-refractivity contribution in [3.8, 4) is 0 Å². The lowest BCUT2D eigenvalue weighted by molar-refractivity contribution is -0.159. The first-order valence-corrected chi connectivity index (χ1v) is 12.5. The number of hydrogen-bond donors (Lipinski definition) is 0. The summed E-state index contributed by atoms with van der Waals surface area (Å²) in [7, 11) is -9.08. The highest BCUT2D eigenvalue weighted by Crippen LogP contribution is 2.68. The number of alkyl halides is 3. The van der Waals surface area contributed by atoms with Gasteiger partial charge in [0.2, 0.25) is 0 Å². The van der Waals surface area contributed by atoms with E-state index in [4.69, 9.17) is 11.6 Å². The van der Waals surface area contributed by atoms with Gasteiger partial charge in [-0.15, -0.1) is 8.42 Å². The molecule has 0 atom stereocenters. The Labute approximate surface area is 189 Å². The van der Waals surface area contributed by atoms with E-state index in [9.17, 15) is 26.4 Å². The molecule has 3 rings (SSSR count). The highest BCUT2D eigenvalue weighted by Gasteiger charge is 2.63. The van der Waals surface area contributed by atoms with Crippen LogP contribution in [-0.2, 0) is 19.6 Å². The molecule has 11 heteroatoms. The van der Waals surface area contributed by atoms with Gasteiger partial charge in [0, 0.05) is 0 Å². The Hall–Kier alpha value is -2.53. The van der Waals surface area contributed by atoms with Crippen LogP contribution in [0.2, 0.25) is 0 Å². The first-order valence-electron chi connectivity index (χ1n) is 8.94. The van der Waals surface area contributed by atoms with Crippen LogP contribution in [0.25, 0.3) is 0 Å². The molecule has 0 aromatic heterocycles. The molecule has 0 heterocycles. The molecule has 0 aliphatic heterocycles. The minimum atomic E-state index is -5.79. The second-order valence-electron chi connectivity index (χ2n) is 6.27. The van der Waals surface area contributed by atoms with Gasteiger partial charge in [0.05, 0.1) is 25.0 Å². The summed E-state index contributed by atoms with van der Waals surface area (Å²) in [6.07, 6.45) is 0. The molecule has 5 nitrogen and oxygen atoms in total. The Bertz CT molecular complexity index is 1140. The number of hydrogen-bond acceptors (Lipinski definition) is 4. The lowest BCUT2D eigenvalue weighted by atomic mass is 10.3. The van der Waals surface area contributed by atoms with Gasteiger partial charge in [0.1, 0.15) is 5.82 Å². The van der Waals surface area contributed by atoms with Gasteiger partial charge in [-0.25, -0.2) is 9.18 Å². The molecule has 0 spiro atoms. The van der Waals surface area contributed by atoms with Gasteiger partial charge >= 0.3 is 21.3 Å². The van der Waals surface area contributed by atoms with Gasteiger partial charge in [-0.3, -0.25) is 3.63 Å². The number of benzene rings is 3. The molecule has 170 valence electrons. The van der Waals surface area contributed by atoms with Crippen molar-refractivity contribution < 1.29 is 34.7 Å². The zero-order valence-electron chi connectivity index (χ0n) is 16.2. The van der Waals surface area contributed by atoms with Crippen LogP contribution in [0, 0.1) is 5.82 Å². The van der Waals surface area contributed by atoms with E-state index in [-0.39, 0.29) is 14.7 Å². The second kappa shape index (κ2) is 9.53. The fourth-order valence-corrected chi connectivity index (χ4v) is 8.24. The predicted molar refractivity (Wildman–Crippen MR) is 115 cm³/mol. The molecular formula is C21H17ClF3O5S2+. The summed E-state index contributed by atoms with van der Waals surface area (Å²) >= 11 is 5.16. The van der Waals surface area contributed by atoms with Gasteiger partial charge in [0.15, 0.2) is 6.07 Å². The Kier molecular flexibility index (Phi) is 7.19. The van der Waals surface area contributed by atoms with Gasteiger partial charge in [0.25, 0.3) is 0 Å². The summed E-state index contributed by atoms with van der Waals surface area (Å²) in [6.45, 7) is 0. The topological polar surface area (TPSA) is 73.2 Å². The maximum Gasteiger partial charge on any atom is 0.514 e. The van der Waals surface area contributed by atoms with Crippen LogP contribution in [0.1, 0.15) is 0 Å². The normalized spacial score (nSPS) is 12.9. The minimum Gasteiger partial charge on any atom is -0.444 e. The fourth-order valence-electron chi connectivity index (χ4n) is 2.84. The predicted octanol–water partition coefficient (Wildman–Crippen LogP) is 5.78. The average Bonchev–Trinajstić information content (AvgIpc) is 2.79. The van der Waals surface area contributed by atoms with Crippen LogP contribution in [0.3, 0.4) is 0 Å². The summed E-state index contributed by atoms with van der Waals surface area (Å²) in [6, 6.07) is 19.5. The molecule has 0 aliphatic carbocycles. The van der Waals surface area contributed by atoms with Crippen molar-refractivity contribution in [1.29, 1.82) is 0 Å². The van der Waals surface area contributed by atoms with Crippen molar-refractivity contribution >= 4 is 38.0 Å². The van der Waals surface area contributed by atoms with E-state index < -0.39 is 43.5 Å². The van der Waals surface area contributed by atoms with Crippen LogP contribution in [0.15, 0.2) is 99.6 Å². The zero-order chi connectivity index (χ0) is 23.4. The quantitative estimate of drug-likeness (QED) is 0.168. The summed E-state index contributed by atoms with van der Waals surface area (Å²) in [5.74, 6) is -2.95. The van der Waals surface area contributed by atoms with Crippen LogP contribution >= 0.6 is 21.9 Å². The van der Waals surface area contributed by atoms with Gasteiger partial charge in [-0.1, -0.05) is 48.0 Å². The van der Waals surface area contributed by atoms with Crippen LogP contribution in [0.5, 0.6) is 0 Å². The number of esters is 1. The zero-order valence-corrected chi connectivity index (χ0v) is 18.6. The van der Waals surface area contributed by atoms with Crippen molar-refractivity contribution in [1.82, 2.24) is 0 Å². The molecule has 3 aromatic carbocycles. The van der Waals surface area contributed by atoms with Crippen molar-refractivity contribution in [3.05, 3.63) is 90.7 Å². The maximum atomic E-state index is 14.7. The number of halogens is 4. The Morgan fingerprint density at radius 1 is 0.844 bits per heavy atom. The van der Waals surface area contributed by atoms with Crippen molar-refractivity contribution in [2.45, 2.75) is 19.9 Å². The average molecular weight is 506 g/mol. The van der Waals surface area contributed by atoms with E-state index in [0.717, 1.165) is 12.1 Å². The molecule has 0 radical (unpaired) electrons. The van der Waals surface area contributed by atoms with Crippen LogP contribution < -0.4 is 0 Å². The lowest BCUT2D eigenvalue weighted by Gasteiger charge is -2.35. The standard InChI is InChI=1S/C21H16ClF3O5S2/c22-15-29-20(26)21(24,25)32(27,28)30-31(17-7-3-1-4-8-17,18-9-5-2-6-10-18)19-13-11-16(23)12-14-19/h1-14H,15H2/p+1. The van der Waals surface area contributed by atoms with E-state index in [1.54, 1.807) is 36.4 Å². The maximum absolute atomic E-state index is 14.7. The van der Waals surface area contributed by atoms with Crippen molar-refractivity contribution in [2.75, 3.05) is 6.07 Å². The summed E-state index contributed by atoms with van der Waals surface area (Å²) in [4.78, 5) is 12.4. The monoisotopic (exact) mass is 505 g/mol. The third kappa shape index (κ3) is 4.49. The number of carbonyl (C=O) groups is 1. The Morgan fingerprint density at radius 3 is 1.72 bits per heavy atom. The SMILES string of the molecule is O=C(OCCl)C(F)(F)S(=O)(=O)[OH+]S(c1ccccc1)(c1ccccc1)c1ccc(F)cc1. The molecule has 1 N–H and O–H groups in total. The summed E-state index contributed by atoms with van der Waals surface area (Å²) in [5.41, 5.74) is 0. The third-order valence-electron chi connectivity index (χ3n) is 4.28. The third-order valence-corrected chi connectivity index (χ3v) is 9.75. The number of carbonyl (C=O) groups excluding carboxylic acids is 1. The van der Waals surface area contributed by atoms with Gasteiger partial charge < -0.3 is 4.74 Å². The molecular weight excluding hydrogens is 489 g/mol. The van der Waals surface area contributed by atoms with Crippen LogP contribution in [-0.4, -0.2) is 29.3 Å². The van der Waals surface area contributed by atoms with Gasteiger partial charge in [-0.05, 0) is 48.5 Å². The van der Waals surface area contributed by atoms with Crippen molar-refractivity contribution in [2.24, 2.45) is 0 Å². The van der Waals surface area contributed by atoms with E-state index in [0.29, 0.717) is 0 Å². The van der Waals surface area contributed by atoms with E-state index in [1.165, 1.54) is 36.4 Å². The molecule has 0 fully saturated rings. The Morgan fingerprint density at radius 2 is 1.28 bits per heavy atom. The highest BCUT2D eigenvalue weighted by atomic mass is 35.5. The molecule has 0 amide bonds. The molecule has 0 bridgehead atoms. The molecule has 0 unspecified atom stereocenters. The molecule has 3 aromatic rings. The van der Waals surface area contributed by atoms with E-state index in [2.05, 4.69) is 8.37 Å². The lowest BCUT2D eigenvalue weighted by Crippen LogP contribution is -2.42. The van der Waals surface area contributed by atoms with E-state index in [1.807, 2.05) is 0 Å². The molecule has 0 saturated heterocycles. The minimum absolute atomic E-state index is 0.168. The highest BCUT2D eigenvalue weighted by molar-refractivity contribution is 8.32. The fraction of sp³-hybridized carbons (Fsp3) is 0.0952. The molecule has 0 aliphatic rings. The number of rotatable bonds is 8. The largest absolute Gasteiger partial charge is 0.514 e. The van der Waals surface area contributed by atoms with E-state index >= 15 is 0 Å². The number of ether oxygens (including phenoxy) is 1. The second-order valence-corrected chi connectivity index (χ2v) is 11.1. The molecule has 32 heavy (non-hydrogen) atoms. The summed E-state index contributed by atoms with van der Waals surface area (Å²) in [5, 5.41) is -5.00. The van der Waals surface area contributed by atoms with Crippen molar-refractivity contribution in [3.63, 3.8) is 0 Å². The smallest absolute Gasteiger partial charge is 0.444 e. The summed E-state index contributed by atoms with van der Waals surface area (Å²) < 4.78 is 76.4. The Balaban J connectivity index is 2.32. The molecule has 0 saturated carbocycles. The first kappa shape index (κ1) is 24.1. The first-order chi connectivity index (χ1) is 15.1. The van der Waals surface area contributed by atoms with Gasteiger partial charge in [-0.2, -0.15) is 8.78 Å².